The van der Waals surface area contributed by atoms with Crippen LogP contribution in [0.25, 0.3) is 5.76 Å². The maximum Gasteiger partial charge on any atom is 0.300 e. The van der Waals surface area contributed by atoms with Gasteiger partial charge in [0.05, 0.1) is 6.54 Å². The zero-order valence-corrected chi connectivity index (χ0v) is 9.46. The van der Waals surface area contributed by atoms with Crippen LogP contribution in [0.5, 0.6) is 0 Å². The van der Waals surface area contributed by atoms with E-state index in [0.29, 0.717) is 24.5 Å². The molecule has 1 N–H and O–H groups in total. The number of hydrogen-bond donors (Lipinski definition) is 1. The van der Waals surface area contributed by atoms with Gasteiger partial charge in [-0.1, -0.05) is 30.3 Å². The van der Waals surface area contributed by atoms with Crippen LogP contribution in [0.2, 0.25) is 0 Å². The molecule has 1 aromatic carbocycles. The summed E-state index contributed by atoms with van der Waals surface area (Å²) < 4.78 is 0. The maximum atomic E-state index is 11.8. The highest BCUT2D eigenvalue weighted by molar-refractivity contribution is 6.59. The molecule has 1 saturated heterocycles. The average molecular weight is 242 g/mol. The number of aliphatic hydroxyl groups excluding tert-OH is 1. The fourth-order valence-corrected chi connectivity index (χ4v) is 2.14. The number of aliphatic imine (C=N–C) groups is 1. The van der Waals surface area contributed by atoms with E-state index in [1.165, 1.54) is 4.90 Å². The number of fused-ring (bicyclic) bond motifs is 1. The molecule has 2 aliphatic rings. The Balaban J connectivity index is 2.16. The first kappa shape index (κ1) is 10.7. The van der Waals surface area contributed by atoms with Crippen LogP contribution in [0.15, 0.2) is 40.9 Å². The number of Topliss-reactive ketones (excluding diaryl/α,β-unsaturated/α-hetero) is 1. The van der Waals surface area contributed by atoms with Crippen LogP contribution in [0.4, 0.5) is 0 Å². The summed E-state index contributed by atoms with van der Waals surface area (Å²) in [7, 11) is 0. The summed E-state index contributed by atoms with van der Waals surface area (Å²) >= 11 is 0. The second kappa shape index (κ2) is 3.80. The van der Waals surface area contributed by atoms with Gasteiger partial charge >= 0.3 is 5.91 Å². The van der Waals surface area contributed by atoms with Gasteiger partial charge in [-0.15, -0.1) is 0 Å². The molecule has 0 aromatic heterocycles. The van der Waals surface area contributed by atoms with Crippen molar-refractivity contribution in [3.8, 4) is 0 Å². The van der Waals surface area contributed by atoms with Crippen molar-refractivity contribution in [1.82, 2.24) is 4.90 Å². The largest absolute Gasteiger partial charge is 0.506 e. The molecule has 1 aromatic rings. The molecule has 18 heavy (non-hydrogen) atoms. The minimum absolute atomic E-state index is 0.0173. The summed E-state index contributed by atoms with van der Waals surface area (Å²) in [5.74, 6) is -1.18. The van der Waals surface area contributed by atoms with Gasteiger partial charge in [-0.05, 0) is 0 Å². The number of amidine groups is 1. The molecule has 0 saturated carbocycles. The van der Waals surface area contributed by atoms with Gasteiger partial charge in [0.15, 0.2) is 0 Å². The molecule has 90 valence electrons. The van der Waals surface area contributed by atoms with Gasteiger partial charge in [0, 0.05) is 12.1 Å². The summed E-state index contributed by atoms with van der Waals surface area (Å²) in [6.45, 7) is 0.880. The Morgan fingerprint density at radius 3 is 2.67 bits per heavy atom. The molecule has 1 amide bonds. The van der Waals surface area contributed by atoms with Crippen molar-refractivity contribution in [2.24, 2.45) is 4.99 Å². The number of amides is 1. The Labute approximate surface area is 103 Å². The molecule has 0 aliphatic carbocycles. The summed E-state index contributed by atoms with van der Waals surface area (Å²) in [4.78, 5) is 29.0. The molecule has 2 heterocycles. The molecule has 0 unspecified atom stereocenters. The summed E-state index contributed by atoms with van der Waals surface area (Å²) in [6.07, 6.45) is 0. The van der Waals surface area contributed by atoms with Gasteiger partial charge in [-0.3, -0.25) is 19.5 Å². The van der Waals surface area contributed by atoms with Gasteiger partial charge < -0.3 is 5.11 Å². The van der Waals surface area contributed by atoms with Gasteiger partial charge in [0.1, 0.15) is 17.2 Å². The third kappa shape index (κ3) is 1.37. The number of ketones is 1. The number of aliphatic hydroxyl groups is 1. The lowest BCUT2D eigenvalue weighted by Gasteiger charge is -2.06. The van der Waals surface area contributed by atoms with E-state index in [2.05, 4.69) is 4.99 Å². The summed E-state index contributed by atoms with van der Waals surface area (Å²) in [5.41, 5.74) is 0.522. The second-order valence-corrected chi connectivity index (χ2v) is 4.08. The van der Waals surface area contributed by atoms with Crippen molar-refractivity contribution in [3.63, 3.8) is 0 Å². The number of hydrogen-bond acceptors (Lipinski definition) is 4. The number of carbonyl (C=O) groups excluding carboxylic acids is 2. The SMILES string of the molecule is O=C1C(=O)N2CCN=C2/C1=C(/O)c1ccccc1. The first-order valence-corrected chi connectivity index (χ1v) is 5.60. The summed E-state index contributed by atoms with van der Waals surface area (Å²) in [5, 5.41) is 10.2. The predicted molar refractivity (Wildman–Crippen MR) is 65.0 cm³/mol. The Morgan fingerprint density at radius 1 is 1.22 bits per heavy atom. The Bertz CT molecular complexity index is 602. The van der Waals surface area contributed by atoms with E-state index in [-0.39, 0.29) is 11.3 Å². The Hall–Kier alpha value is -2.43. The number of carbonyl (C=O) groups is 2. The van der Waals surface area contributed by atoms with Crippen LogP contribution in [0, 0.1) is 0 Å². The molecule has 5 nitrogen and oxygen atoms in total. The van der Waals surface area contributed by atoms with Crippen LogP contribution in [-0.4, -0.2) is 40.6 Å². The molecule has 0 bridgehead atoms. The molecule has 2 aliphatic heterocycles. The van der Waals surface area contributed by atoms with E-state index < -0.39 is 11.7 Å². The van der Waals surface area contributed by atoms with Crippen molar-refractivity contribution < 1.29 is 14.7 Å². The fourth-order valence-electron chi connectivity index (χ4n) is 2.14. The molecule has 3 rings (SSSR count). The monoisotopic (exact) mass is 242 g/mol. The Kier molecular flexibility index (Phi) is 2.26. The van der Waals surface area contributed by atoms with Crippen molar-refractivity contribution >= 4 is 23.3 Å². The fraction of sp³-hybridized carbons (Fsp3) is 0.154. The van der Waals surface area contributed by atoms with Crippen molar-refractivity contribution in [3.05, 3.63) is 41.5 Å². The van der Waals surface area contributed by atoms with Crippen LogP contribution >= 0.6 is 0 Å². The van der Waals surface area contributed by atoms with Gasteiger partial charge in [0.25, 0.3) is 5.78 Å². The van der Waals surface area contributed by atoms with Gasteiger partial charge in [0.2, 0.25) is 0 Å². The minimum Gasteiger partial charge on any atom is -0.506 e. The van der Waals surface area contributed by atoms with Crippen LogP contribution in [0.3, 0.4) is 0 Å². The van der Waals surface area contributed by atoms with Gasteiger partial charge in [-0.2, -0.15) is 0 Å². The first-order valence-electron chi connectivity index (χ1n) is 5.60. The highest BCUT2D eigenvalue weighted by Gasteiger charge is 2.44. The predicted octanol–water partition coefficient (Wildman–Crippen LogP) is 0.779. The third-order valence-corrected chi connectivity index (χ3v) is 3.01. The maximum absolute atomic E-state index is 11.8. The highest BCUT2D eigenvalue weighted by atomic mass is 16.3. The molecule has 0 atom stereocenters. The van der Waals surface area contributed by atoms with E-state index in [0.717, 1.165) is 0 Å². The van der Waals surface area contributed by atoms with E-state index >= 15 is 0 Å². The number of rotatable bonds is 1. The number of benzene rings is 1. The van der Waals surface area contributed by atoms with E-state index in [1.807, 2.05) is 6.07 Å². The molecular weight excluding hydrogens is 232 g/mol. The standard InChI is InChI=1S/C13H10N2O3/c16-10(8-4-2-1-3-5-8)9-11(17)13(18)15-7-6-14-12(9)15/h1-5,16H,6-7H2/b10-9+. The molecule has 5 heteroatoms. The zero-order chi connectivity index (χ0) is 12.7. The highest BCUT2D eigenvalue weighted by Crippen LogP contribution is 2.26. The lowest BCUT2D eigenvalue weighted by Crippen LogP contribution is -2.28. The topological polar surface area (TPSA) is 70.0 Å². The van der Waals surface area contributed by atoms with Gasteiger partial charge in [-0.25, -0.2) is 0 Å². The Morgan fingerprint density at radius 2 is 1.94 bits per heavy atom. The molecule has 0 spiro atoms. The van der Waals surface area contributed by atoms with Crippen LogP contribution in [-0.2, 0) is 9.59 Å². The van der Waals surface area contributed by atoms with Crippen LogP contribution in [0.1, 0.15) is 5.56 Å². The smallest absolute Gasteiger partial charge is 0.300 e. The van der Waals surface area contributed by atoms with E-state index in [9.17, 15) is 14.7 Å². The molecule has 0 radical (unpaired) electrons. The van der Waals surface area contributed by atoms with E-state index in [1.54, 1.807) is 24.3 Å². The molecule has 1 fully saturated rings. The quantitative estimate of drug-likeness (QED) is 0.449. The van der Waals surface area contributed by atoms with Crippen molar-refractivity contribution in [2.45, 2.75) is 0 Å². The lowest BCUT2D eigenvalue weighted by atomic mass is 10.1. The van der Waals surface area contributed by atoms with E-state index in [4.69, 9.17) is 0 Å². The lowest BCUT2D eigenvalue weighted by molar-refractivity contribution is -0.138. The minimum atomic E-state index is -0.685. The van der Waals surface area contributed by atoms with Crippen LogP contribution < -0.4 is 0 Å². The number of nitrogens with zero attached hydrogens (tertiary/aromatic N) is 2. The zero-order valence-electron chi connectivity index (χ0n) is 9.46. The second-order valence-electron chi connectivity index (χ2n) is 4.08. The average Bonchev–Trinajstić information content (AvgIpc) is 2.95. The van der Waals surface area contributed by atoms with Crippen molar-refractivity contribution in [1.29, 1.82) is 0 Å². The van der Waals surface area contributed by atoms with Crippen molar-refractivity contribution in [2.75, 3.05) is 13.1 Å². The third-order valence-electron chi connectivity index (χ3n) is 3.01. The summed E-state index contributed by atoms with van der Waals surface area (Å²) in [6, 6.07) is 8.67. The molecular formula is C13H10N2O3. The first-order chi connectivity index (χ1) is 8.70. The normalized spacial score (nSPS) is 21.1.